The predicted molar refractivity (Wildman–Crippen MR) is 108 cm³/mol. The minimum atomic E-state index is 0. The quantitative estimate of drug-likeness (QED) is 0.310. The van der Waals surface area contributed by atoms with Crippen LogP contribution in [-0.4, -0.2) is 42.3 Å². The summed E-state index contributed by atoms with van der Waals surface area (Å²) >= 11 is 0. The summed E-state index contributed by atoms with van der Waals surface area (Å²) in [6, 6.07) is 8.34. The van der Waals surface area contributed by atoms with Gasteiger partial charge in [0.2, 0.25) is 0 Å². The molecule has 0 aliphatic carbocycles. The van der Waals surface area contributed by atoms with Crippen LogP contribution in [0.3, 0.4) is 0 Å². The molecule has 0 radical (unpaired) electrons. The van der Waals surface area contributed by atoms with Crippen LogP contribution in [0.4, 0.5) is 0 Å². The maximum atomic E-state index is 9.07. The number of H-pyrrole nitrogens is 1. The molecule has 1 heterocycles. The summed E-state index contributed by atoms with van der Waals surface area (Å²) in [4.78, 5) is 7.79. The van der Waals surface area contributed by atoms with Crippen molar-refractivity contribution in [2.45, 2.75) is 20.3 Å². The smallest absolute Gasteiger partial charge is 0.191 e. The molecule has 0 bridgehead atoms. The van der Waals surface area contributed by atoms with Gasteiger partial charge in [-0.05, 0) is 30.9 Å². The van der Waals surface area contributed by atoms with Gasteiger partial charge in [0.1, 0.15) is 0 Å². The number of aromatic nitrogens is 1. The van der Waals surface area contributed by atoms with E-state index in [1.807, 2.05) is 19.9 Å². The molecular weight excluding hydrogens is 403 g/mol. The molecule has 4 N–H and O–H groups in total. The maximum Gasteiger partial charge on any atom is 0.191 e. The van der Waals surface area contributed by atoms with E-state index in [-0.39, 0.29) is 36.5 Å². The lowest BCUT2D eigenvalue weighted by molar-refractivity contribution is 0.241. The maximum absolute atomic E-state index is 9.07. The lowest BCUT2D eigenvalue weighted by atomic mass is 10.1. The standard InChI is InChI=1S/C17H26N4O.HI/c1-3-18-17(21-10-13(2)12-22)19-9-8-14-11-20-16-7-5-4-6-15(14)16;/h4-7,11,13,20,22H,3,8-10,12H2,1-2H3,(H2,18,19,21);1H. The molecule has 0 amide bonds. The lowest BCUT2D eigenvalue weighted by Gasteiger charge is -2.12. The van der Waals surface area contributed by atoms with Gasteiger partial charge in [-0.2, -0.15) is 0 Å². The van der Waals surface area contributed by atoms with Crippen LogP contribution in [0, 0.1) is 5.92 Å². The summed E-state index contributed by atoms with van der Waals surface area (Å²) in [5.41, 5.74) is 2.48. The topological polar surface area (TPSA) is 72.4 Å². The summed E-state index contributed by atoms with van der Waals surface area (Å²) < 4.78 is 0. The second-order valence-electron chi connectivity index (χ2n) is 5.54. The highest BCUT2D eigenvalue weighted by Crippen LogP contribution is 2.17. The van der Waals surface area contributed by atoms with Crippen molar-refractivity contribution in [3.8, 4) is 0 Å². The fourth-order valence-electron chi connectivity index (χ4n) is 2.30. The van der Waals surface area contributed by atoms with Crippen molar-refractivity contribution in [1.82, 2.24) is 15.6 Å². The molecule has 5 nitrogen and oxygen atoms in total. The Morgan fingerprint density at radius 3 is 2.83 bits per heavy atom. The van der Waals surface area contributed by atoms with E-state index in [0.717, 1.165) is 25.5 Å². The molecule has 128 valence electrons. The van der Waals surface area contributed by atoms with E-state index in [4.69, 9.17) is 5.11 Å². The third kappa shape index (κ3) is 6.02. The number of rotatable bonds is 7. The number of guanidine groups is 1. The Morgan fingerprint density at radius 1 is 1.30 bits per heavy atom. The fraction of sp³-hybridized carbons (Fsp3) is 0.471. The summed E-state index contributed by atoms with van der Waals surface area (Å²) in [6.45, 7) is 6.47. The minimum Gasteiger partial charge on any atom is -0.396 e. The van der Waals surface area contributed by atoms with Gasteiger partial charge < -0.3 is 20.7 Å². The van der Waals surface area contributed by atoms with E-state index in [1.165, 1.54) is 16.5 Å². The Labute approximate surface area is 155 Å². The van der Waals surface area contributed by atoms with Gasteiger partial charge in [-0.1, -0.05) is 25.1 Å². The molecule has 1 aromatic carbocycles. The van der Waals surface area contributed by atoms with Crippen LogP contribution < -0.4 is 10.6 Å². The largest absolute Gasteiger partial charge is 0.396 e. The second kappa shape index (κ2) is 10.5. The third-order valence-electron chi connectivity index (χ3n) is 3.58. The average Bonchev–Trinajstić information content (AvgIpc) is 2.95. The third-order valence-corrected chi connectivity index (χ3v) is 3.58. The number of hydrogen-bond acceptors (Lipinski definition) is 2. The summed E-state index contributed by atoms with van der Waals surface area (Å²) in [7, 11) is 0. The Balaban J connectivity index is 0.00000264. The zero-order valence-corrected chi connectivity index (χ0v) is 16.1. The van der Waals surface area contributed by atoms with Crippen molar-refractivity contribution in [3.05, 3.63) is 36.0 Å². The molecule has 23 heavy (non-hydrogen) atoms. The highest BCUT2D eigenvalue weighted by Gasteiger charge is 2.04. The van der Waals surface area contributed by atoms with Gasteiger partial charge in [0.15, 0.2) is 5.96 Å². The number of benzene rings is 1. The number of nitrogens with zero attached hydrogens (tertiary/aromatic N) is 1. The fourth-order valence-corrected chi connectivity index (χ4v) is 2.30. The SMILES string of the molecule is CCNC(=NCC(C)CO)NCCc1c[nH]c2ccccc12.I. The molecule has 2 rings (SSSR count). The van der Waals surface area contributed by atoms with Gasteiger partial charge in [0.25, 0.3) is 0 Å². The summed E-state index contributed by atoms with van der Waals surface area (Å²) in [5, 5.41) is 16.9. The van der Waals surface area contributed by atoms with Crippen molar-refractivity contribution < 1.29 is 5.11 Å². The lowest BCUT2D eigenvalue weighted by Crippen LogP contribution is -2.38. The van der Waals surface area contributed by atoms with Crippen LogP contribution >= 0.6 is 24.0 Å². The first-order valence-electron chi connectivity index (χ1n) is 7.92. The second-order valence-corrected chi connectivity index (χ2v) is 5.54. The Bertz CT molecular complexity index is 611. The van der Waals surface area contributed by atoms with Crippen LogP contribution in [0.15, 0.2) is 35.5 Å². The average molecular weight is 430 g/mol. The highest BCUT2D eigenvalue weighted by atomic mass is 127. The molecule has 0 saturated carbocycles. The van der Waals surface area contributed by atoms with Crippen molar-refractivity contribution >= 4 is 40.8 Å². The first-order valence-corrected chi connectivity index (χ1v) is 7.92. The van der Waals surface area contributed by atoms with E-state index < -0.39 is 0 Å². The summed E-state index contributed by atoms with van der Waals surface area (Å²) in [5.74, 6) is 0.992. The van der Waals surface area contributed by atoms with E-state index >= 15 is 0 Å². The number of hydrogen-bond donors (Lipinski definition) is 4. The first-order chi connectivity index (χ1) is 10.7. The highest BCUT2D eigenvalue weighted by molar-refractivity contribution is 14.0. The molecule has 1 unspecified atom stereocenters. The van der Waals surface area contributed by atoms with E-state index in [1.54, 1.807) is 0 Å². The summed E-state index contributed by atoms with van der Waals surface area (Å²) in [6.07, 6.45) is 3.01. The molecule has 0 saturated heterocycles. The van der Waals surface area contributed by atoms with Gasteiger partial charge in [0.05, 0.1) is 0 Å². The molecule has 6 heteroatoms. The molecule has 0 spiro atoms. The Morgan fingerprint density at radius 2 is 2.09 bits per heavy atom. The number of aromatic amines is 1. The van der Waals surface area contributed by atoms with Crippen LogP contribution in [0.1, 0.15) is 19.4 Å². The molecule has 1 aromatic heterocycles. The van der Waals surface area contributed by atoms with E-state index in [0.29, 0.717) is 6.54 Å². The van der Waals surface area contributed by atoms with Crippen LogP contribution in [0.5, 0.6) is 0 Å². The number of aliphatic imine (C=N–C) groups is 1. The van der Waals surface area contributed by atoms with Crippen molar-refractivity contribution in [2.75, 3.05) is 26.2 Å². The predicted octanol–water partition coefficient (Wildman–Crippen LogP) is 2.51. The number of para-hydroxylation sites is 1. The zero-order chi connectivity index (χ0) is 15.8. The van der Waals surface area contributed by atoms with Crippen LogP contribution in [0.25, 0.3) is 10.9 Å². The van der Waals surface area contributed by atoms with Crippen LogP contribution in [-0.2, 0) is 6.42 Å². The van der Waals surface area contributed by atoms with Gasteiger partial charge in [-0.15, -0.1) is 24.0 Å². The molecule has 0 fully saturated rings. The molecule has 2 aromatic rings. The number of nitrogens with one attached hydrogen (secondary N) is 3. The minimum absolute atomic E-state index is 0. The monoisotopic (exact) mass is 430 g/mol. The molecule has 1 atom stereocenters. The zero-order valence-electron chi connectivity index (χ0n) is 13.8. The molecule has 0 aliphatic heterocycles. The number of halogens is 1. The van der Waals surface area contributed by atoms with Crippen molar-refractivity contribution in [3.63, 3.8) is 0 Å². The van der Waals surface area contributed by atoms with Gasteiger partial charge in [0, 0.05) is 43.3 Å². The van der Waals surface area contributed by atoms with Gasteiger partial charge >= 0.3 is 0 Å². The number of fused-ring (bicyclic) bond motifs is 1. The first kappa shape index (κ1) is 19.8. The van der Waals surface area contributed by atoms with Crippen LogP contribution in [0.2, 0.25) is 0 Å². The number of aliphatic hydroxyl groups is 1. The Hall–Kier alpha value is -1.28. The Kier molecular flexibility index (Phi) is 9.01. The molecular formula is C17H27IN4O. The van der Waals surface area contributed by atoms with Crippen molar-refractivity contribution in [1.29, 1.82) is 0 Å². The van der Waals surface area contributed by atoms with E-state index in [2.05, 4.69) is 45.0 Å². The van der Waals surface area contributed by atoms with Gasteiger partial charge in [-0.3, -0.25) is 4.99 Å². The van der Waals surface area contributed by atoms with Crippen molar-refractivity contribution in [2.24, 2.45) is 10.9 Å². The van der Waals surface area contributed by atoms with Gasteiger partial charge in [-0.25, -0.2) is 0 Å². The molecule has 0 aliphatic rings. The normalized spacial score (nSPS) is 12.7. The number of aliphatic hydroxyl groups excluding tert-OH is 1. The van der Waals surface area contributed by atoms with E-state index in [9.17, 15) is 0 Å².